The fourth-order valence-corrected chi connectivity index (χ4v) is 17.6. The summed E-state index contributed by atoms with van der Waals surface area (Å²) < 4.78 is 5.12. The summed E-state index contributed by atoms with van der Waals surface area (Å²) in [6, 6.07) is 60.2. The standard InChI is InChI=1S/C68H52N4/c69-35-49-33-58-65(63-46-26-37-20-38(27-46)23-44(22-37)60(49)63)55-31-48(32-56-66-59(72(58)67(55)56)34-50(36-70)61-45-24-39-21-40(25-45)29-47(28-39)64(61)66)62-52(42-12-5-2-6-13-42)18-19-54-53-16-7-8-17-57(53)71(68(54)62)51-15-9-14-43(30-51)41-10-3-1-4-11-41/h1-19,30-34,37-40,44-47H,20-29H2. The van der Waals surface area contributed by atoms with Crippen molar-refractivity contribution in [2.24, 2.45) is 23.7 Å². The van der Waals surface area contributed by atoms with Gasteiger partial charge in [0.15, 0.2) is 0 Å². The molecule has 4 fully saturated rings. The molecule has 4 atom stereocenters. The molecule has 4 saturated carbocycles. The minimum Gasteiger partial charge on any atom is -0.309 e. The molecule has 0 N–H and O–H groups in total. The van der Waals surface area contributed by atoms with Crippen LogP contribution in [0.25, 0.3) is 99.0 Å². The number of nitriles is 2. The Bertz CT molecular complexity index is 4080. The van der Waals surface area contributed by atoms with Gasteiger partial charge in [0.25, 0.3) is 0 Å². The van der Waals surface area contributed by atoms with Crippen LogP contribution in [0, 0.1) is 46.3 Å². The second-order valence-corrected chi connectivity index (χ2v) is 23.4. The van der Waals surface area contributed by atoms with Crippen LogP contribution in [0.15, 0.2) is 146 Å². The summed E-state index contributed by atoms with van der Waals surface area (Å²) in [4.78, 5) is 0. The van der Waals surface area contributed by atoms with Crippen LogP contribution in [0.5, 0.6) is 0 Å². The van der Waals surface area contributed by atoms with Gasteiger partial charge in [-0.05, 0) is 204 Å². The van der Waals surface area contributed by atoms with E-state index >= 15 is 0 Å². The van der Waals surface area contributed by atoms with E-state index in [2.05, 4.69) is 167 Å². The van der Waals surface area contributed by atoms with E-state index < -0.39 is 0 Å². The van der Waals surface area contributed by atoms with Crippen molar-refractivity contribution in [3.63, 3.8) is 0 Å². The predicted molar refractivity (Wildman–Crippen MR) is 292 cm³/mol. The average molecular weight is 925 g/mol. The molecule has 0 saturated heterocycles. The van der Waals surface area contributed by atoms with Crippen molar-refractivity contribution in [2.75, 3.05) is 0 Å². The molecule has 3 aromatic heterocycles. The molecule has 0 amide bonds. The third-order valence-electron chi connectivity index (χ3n) is 19.7. The summed E-state index contributed by atoms with van der Waals surface area (Å²) in [5, 5.41) is 30.4. The van der Waals surface area contributed by atoms with E-state index in [0.717, 1.165) is 51.5 Å². The SMILES string of the molecule is N#Cc1cc2c(c3c1C1CC4CC(C1)CC3C4)c1cc(-c3c(-c4ccccc4)ccc4c5ccccc5n(-c5cccc(-c6ccccc6)c5)c34)cc3c4c5c(c(C#N)cc4n2c13)C1CC2CC(C1)CC5C2. The summed E-state index contributed by atoms with van der Waals surface area (Å²) in [5.41, 5.74) is 21.9. The highest BCUT2D eigenvalue weighted by Gasteiger charge is 2.47. The average Bonchev–Trinajstić information content (AvgIpc) is 3.95. The van der Waals surface area contributed by atoms with Crippen molar-refractivity contribution in [1.82, 2.24) is 8.97 Å². The van der Waals surface area contributed by atoms with Gasteiger partial charge in [-0.25, -0.2) is 0 Å². The van der Waals surface area contributed by atoms with Crippen molar-refractivity contribution in [2.45, 2.75) is 87.9 Å². The van der Waals surface area contributed by atoms with Crippen LogP contribution in [0.2, 0.25) is 0 Å². The van der Waals surface area contributed by atoms with E-state index in [0.29, 0.717) is 23.7 Å². The number of hydrogen-bond acceptors (Lipinski definition) is 2. The van der Waals surface area contributed by atoms with Gasteiger partial charge in [-0.3, -0.25) is 0 Å². The normalized spacial score (nSPS) is 24.6. The molecule has 3 heterocycles. The fraction of sp³-hybridized carbons (Fsp3) is 0.265. The summed E-state index contributed by atoms with van der Waals surface area (Å²) in [6.07, 6.45) is 12.4. The summed E-state index contributed by atoms with van der Waals surface area (Å²) >= 11 is 0. The van der Waals surface area contributed by atoms with E-state index in [-0.39, 0.29) is 0 Å². The van der Waals surface area contributed by atoms with Gasteiger partial charge >= 0.3 is 0 Å². The van der Waals surface area contributed by atoms with Crippen LogP contribution in [0.4, 0.5) is 0 Å². The Morgan fingerprint density at radius 1 is 0.375 bits per heavy atom. The zero-order valence-electron chi connectivity index (χ0n) is 40.3. The molecule has 0 spiro atoms. The Morgan fingerprint density at radius 2 is 0.889 bits per heavy atom. The molecule has 8 aliphatic rings. The van der Waals surface area contributed by atoms with Gasteiger partial charge in [-0.1, -0.05) is 103 Å². The molecule has 4 heteroatoms. The Labute approximate surface area is 419 Å². The highest BCUT2D eigenvalue weighted by Crippen LogP contribution is 2.62. The van der Waals surface area contributed by atoms with E-state index in [1.54, 1.807) is 0 Å². The molecule has 19 rings (SSSR count). The van der Waals surface area contributed by atoms with Gasteiger partial charge in [0.05, 0.1) is 50.8 Å². The molecule has 8 aromatic carbocycles. The van der Waals surface area contributed by atoms with E-state index in [1.165, 1.54) is 169 Å². The smallest absolute Gasteiger partial charge is 0.0995 e. The summed E-state index contributed by atoms with van der Waals surface area (Å²) in [6.45, 7) is 0. The van der Waals surface area contributed by atoms with Gasteiger partial charge in [0.1, 0.15) is 0 Å². The molecular formula is C68H52N4. The van der Waals surface area contributed by atoms with Crippen molar-refractivity contribution < 1.29 is 0 Å². The zero-order valence-corrected chi connectivity index (χ0v) is 40.3. The third-order valence-corrected chi connectivity index (χ3v) is 19.7. The molecule has 0 radical (unpaired) electrons. The molecule has 8 bridgehead atoms. The fourth-order valence-electron chi connectivity index (χ4n) is 17.6. The number of benzene rings is 8. The van der Waals surface area contributed by atoms with Gasteiger partial charge < -0.3 is 8.97 Å². The quantitative estimate of drug-likeness (QED) is 0.177. The molecule has 4 nitrogen and oxygen atoms in total. The second-order valence-electron chi connectivity index (χ2n) is 23.4. The van der Waals surface area contributed by atoms with E-state index in [4.69, 9.17) is 0 Å². The monoisotopic (exact) mass is 924 g/mol. The highest BCUT2D eigenvalue weighted by atomic mass is 15.0. The first kappa shape index (κ1) is 40.0. The molecule has 11 aromatic rings. The predicted octanol–water partition coefficient (Wildman–Crippen LogP) is 17.5. The molecule has 8 aliphatic carbocycles. The van der Waals surface area contributed by atoms with Gasteiger partial charge in [-0.15, -0.1) is 0 Å². The topological polar surface area (TPSA) is 56.9 Å². The first-order chi connectivity index (χ1) is 35.6. The second kappa shape index (κ2) is 14.5. The van der Waals surface area contributed by atoms with Crippen molar-refractivity contribution in [3.05, 3.63) is 179 Å². The van der Waals surface area contributed by atoms with Crippen LogP contribution in [-0.2, 0) is 0 Å². The lowest BCUT2D eigenvalue weighted by Gasteiger charge is -2.38. The minimum absolute atomic E-state index is 0.430. The third kappa shape index (κ3) is 5.30. The Balaban J connectivity index is 1.07. The maximum atomic E-state index is 11.3. The maximum absolute atomic E-state index is 11.3. The number of nitrogens with zero attached hydrogens (tertiary/aromatic N) is 4. The van der Waals surface area contributed by atoms with Crippen LogP contribution in [0.1, 0.15) is 121 Å². The number of para-hydroxylation sites is 1. The number of aromatic nitrogens is 2. The van der Waals surface area contributed by atoms with Crippen molar-refractivity contribution in [3.8, 4) is 51.2 Å². The lowest BCUT2D eigenvalue weighted by Crippen LogP contribution is -2.25. The Morgan fingerprint density at radius 3 is 1.46 bits per heavy atom. The summed E-state index contributed by atoms with van der Waals surface area (Å²) in [7, 11) is 0. The van der Waals surface area contributed by atoms with Gasteiger partial charge in [-0.2, -0.15) is 10.5 Å². The molecule has 0 aliphatic heterocycles. The molecular weight excluding hydrogens is 873 g/mol. The van der Waals surface area contributed by atoms with Crippen LogP contribution >= 0.6 is 0 Å². The first-order valence-corrected chi connectivity index (χ1v) is 27.0. The molecule has 4 unspecified atom stereocenters. The van der Waals surface area contributed by atoms with Crippen molar-refractivity contribution in [1.29, 1.82) is 10.5 Å². The van der Waals surface area contributed by atoms with Crippen LogP contribution in [0.3, 0.4) is 0 Å². The molecule has 344 valence electrons. The zero-order chi connectivity index (χ0) is 47.1. The number of rotatable bonds is 4. The first-order valence-electron chi connectivity index (χ1n) is 27.0. The van der Waals surface area contributed by atoms with Gasteiger partial charge in [0, 0.05) is 43.6 Å². The number of hydrogen-bond donors (Lipinski definition) is 0. The minimum atomic E-state index is 0.430. The van der Waals surface area contributed by atoms with Crippen LogP contribution in [-0.4, -0.2) is 8.97 Å². The van der Waals surface area contributed by atoms with E-state index in [1.807, 2.05) is 0 Å². The lowest BCUT2D eigenvalue weighted by atomic mass is 9.67. The lowest BCUT2D eigenvalue weighted by molar-refractivity contribution is 0.166. The summed E-state index contributed by atoms with van der Waals surface area (Å²) in [5.74, 6) is 4.63. The Hall–Kier alpha value is -7.66. The van der Waals surface area contributed by atoms with E-state index in [9.17, 15) is 10.5 Å². The van der Waals surface area contributed by atoms with Gasteiger partial charge in [0.2, 0.25) is 0 Å². The van der Waals surface area contributed by atoms with Crippen LogP contribution < -0.4 is 0 Å². The highest BCUT2D eigenvalue weighted by molar-refractivity contribution is 6.28. The molecule has 72 heavy (non-hydrogen) atoms. The van der Waals surface area contributed by atoms with Crippen molar-refractivity contribution >= 4 is 59.9 Å². The largest absolute Gasteiger partial charge is 0.309 e. The Kier molecular flexibility index (Phi) is 8.05. The number of fused-ring (bicyclic) bond motifs is 9. The maximum Gasteiger partial charge on any atom is 0.0995 e.